The Balaban J connectivity index is 0.000000204. The SMILES string of the molecule is Cc1cn(-c2ccc(Cl)c(C(=O)NCC3(O)CCCCCC3)c2)c(=O)n1CCCOC1CCNC1.O=C(NCC1(O)CCCCCC1)c1cc(-n2ccn(CCCOC3CCNC3)c2=O)ccc1Cl. The van der Waals surface area contributed by atoms with E-state index in [-0.39, 0.29) is 59.6 Å². The Morgan fingerprint density at radius 2 is 1.16 bits per heavy atom. The van der Waals surface area contributed by atoms with Gasteiger partial charge in [0.2, 0.25) is 0 Å². The number of amides is 2. The van der Waals surface area contributed by atoms with Gasteiger partial charge < -0.3 is 41.0 Å². The number of benzene rings is 2. The Morgan fingerprint density at radius 1 is 0.681 bits per heavy atom. The number of halogens is 2. The van der Waals surface area contributed by atoms with Crippen LogP contribution in [0.25, 0.3) is 11.4 Å². The highest BCUT2D eigenvalue weighted by atomic mass is 35.5. The van der Waals surface area contributed by atoms with Crippen molar-refractivity contribution in [2.75, 3.05) is 52.5 Å². The van der Waals surface area contributed by atoms with Gasteiger partial charge in [0.25, 0.3) is 11.8 Å². The molecule has 0 spiro atoms. The summed E-state index contributed by atoms with van der Waals surface area (Å²) >= 11 is 12.7. The van der Waals surface area contributed by atoms with Crippen molar-refractivity contribution in [2.24, 2.45) is 0 Å². The van der Waals surface area contributed by atoms with Crippen molar-refractivity contribution in [1.82, 2.24) is 39.5 Å². The van der Waals surface area contributed by atoms with Gasteiger partial charge in [-0.05, 0) is 108 Å². The number of aryl methyl sites for hydroxylation is 2. The molecule has 6 N–H and O–H groups in total. The van der Waals surface area contributed by atoms with Gasteiger partial charge in [-0.15, -0.1) is 0 Å². The van der Waals surface area contributed by atoms with Gasteiger partial charge in [-0.1, -0.05) is 74.6 Å². The van der Waals surface area contributed by atoms with Crippen LogP contribution in [-0.4, -0.2) is 116 Å². The van der Waals surface area contributed by atoms with E-state index in [4.69, 9.17) is 32.7 Å². The fourth-order valence-electron chi connectivity index (χ4n) is 9.81. The fraction of sp³-hybridized carbons (Fsp3) is 0.608. The maximum atomic E-state index is 13.1. The minimum atomic E-state index is -0.875. The predicted octanol–water partition coefficient (Wildman–Crippen LogP) is 6.06. The van der Waals surface area contributed by atoms with E-state index < -0.39 is 11.2 Å². The summed E-state index contributed by atoms with van der Waals surface area (Å²) < 4.78 is 18.1. The largest absolute Gasteiger partial charge is 0.388 e. The molecule has 2 aromatic carbocycles. The van der Waals surface area contributed by atoms with E-state index in [0.29, 0.717) is 73.4 Å². The number of rotatable bonds is 18. The first-order valence-corrected chi connectivity index (χ1v) is 25.9. The van der Waals surface area contributed by atoms with Gasteiger partial charge in [0.15, 0.2) is 0 Å². The van der Waals surface area contributed by atoms with Gasteiger partial charge in [-0.25, -0.2) is 9.59 Å². The smallest absolute Gasteiger partial charge is 0.332 e. The number of aromatic nitrogens is 4. The summed E-state index contributed by atoms with van der Waals surface area (Å²) in [6.07, 6.45) is 20.4. The van der Waals surface area contributed by atoms with E-state index >= 15 is 0 Å². The Labute approximate surface area is 415 Å². The highest BCUT2D eigenvalue weighted by molar-refractivity contribution is 6.34. The van der Waals surface area contributed by atoms with Crippen LogP contribution in [0, 0.1) is 6.92 Å². The predicted molar refractivity (Wildman–Crippen MR) is 268 cm³/mol. The standard InChI is InChI=1S/C26H37ClN4O4.C25H35ClN4O4/c1-19-17-31(25(33)30(19)13-6-14-35-21-9-12-28-16-21)20-7-8-23(27)22(15-20)24(32)29-18-26(34)10-4-2-3-5-11-26;26-22-7-6-19(16-21(22)23(31)28-18-25(33)9-3-1-2-4-10-25)30-14-13-29(24(30)32)12-5-15-34-20-8-11-27-17-20/h7-8,15,17,21,28,34H,2-6,9-14,16,18H2,1H3,(H,29,32);6-7,13-14,16,20,27,33H,1-5,8-12,15,17-18H2,(H,28,31). The maximum Gasteiger partial charge on any atom is 0.332 e. The Kier molecular flexibility index (Phi) is 19.2. The number of hydrogen-bond acceptors (Lipinski definition) is 10. The van der Waals surface area contributed by atoms with Crippen molar-refractivity contribution >= 4 is 35.0 Å². The average molecular weight is 996 g/mol. The Bertz CT molecular complexity index is 2420. The average Bonchev–Trinajstić information content (AvgIpc) is 4.13. The second-order valence-corrected chi connectivity index (χ2v) is 20.2. The van der Waals surface area contributed by atoms with E-state index in [0.717, 1.165) is 109 Å². The Hall–Kier alpha value is -4.26. The van der Waals surface area contributed by atoms with E-state index in [1.165, 1.54) is 4.57 Å². The monoisotopic (exact) mass is 994 g/mol. The van der Waals surface area contributed by atoms with E-state index in [1.54, 1.807) is 68.7 Å². The number of nitrogens with one attached hydrogen (secondary N) is 4. The molecular weight excluding hydrogens is 924 g/mol. The molecule has 4 heterocycles. The van der Waals surface area contributed by atoms with Gasteiger partial charge in [-0.3, -0.25) is 27.9 Å². The summed E-state index contributed by atoms with van der Waals surface area (Å²) in [5.74, 6) is -0.701. The zero-order valence-corrected chi connectivity index (χ0v) is 41.6. The van der Waals surface area contributed by atoms with Crippen LogP contribution in [0.5, 0.6) is 0 Å². The number of imidazole rings is 2. The lowest BCUT2D eigenvalue weighted by Crippen LogP contribution is -2.42. The highest BCUT2D eigenvalue weighted by Crippen LogP contribution is 2.29. The molecular formula is C51H72Cl2N8O8. The fourth-order valence-corrected chi connectivity index (χ4v) is 10.2. The lowest BCUT2D eigenvalue weighted by molar-refractivity contribution is 0.0245. The summed E-state index contributed by atoms with van der Waals surface area (Å²) in [4.78, 5) is 51.8. The molecule has 2 aromatic heterocycles. The third-order valence-corrected chi connectivity index (χ3v) is 14.7. The van der Waals surface area contributed by atoms with Crippen molar-refractivity contribution in [3.05, 3.63) is 103 Å². The van der Waals surface area contributed by atoms with Crippen molar-refractivity contribution in [1.29, 1.82) is 0 Å². The van der Waals surface area contributed by atoms with Crippen LogP contribution in [0.15, 0.2) is 64.6 Å². The molecule has 378 valence electrons. The lowest BCUT2D eigenvalue weighted by Gasteiger charge is -2.27. The molecule has 2 saturated carbocycles. The maximum absolute atomic E-state index is 13.1. The van der Waals surface area contributed by atoms with Crippen LogP contribution in [-0.2, 0) is 22.6 Å². The molecule has 2 aliphatic carbocycles. The number of hydrogen-bond donors (Lipinski definition) is 6. The molecule has 0 radical (unpaired) electrons. The second kappa shape index (κ2) is 25.2. The number of nitrogens with zero attached hydrogens (tertiary/aromatic N) is 4. The van der Waals surface area contributed by atoms with E-state index in [9.17, 15) is 29.4 Å². The number of carbonyl (C=O) groups excluding carboxylic acids is 2. The summed E-state index contributed by atoms with van der Waals surface area (Å²) in [5.41, 5.74) is 0.478. The van der Waals surface area contributed by atoms with Gasteiger partial charge in [0.05, 0.1) is 56.0 Å². The van der Waals surface area contributed by atoms with Crippen LogP contribution < -0.4 is 32.6 Å². The molecule has 69 heavy (non-hydrogen) atoms. The van der Waals surface area contributed by atoms with Crippen molar-refractivity contribution < 1.29 is 29.3 Å². The first-order chi connectivity index (χ1) is 33.3. The molecule has 2 amide bonds. The van der Waals surface area contributed by atoms with E-state index in [2.05, 4.69) is 21.3 Å². The number of ether oxygens (including phenoxy) is 2. The first kappa shape index (κ1) is 52.6. The van der Waals surface area contributed by atoms with E-state index in [1.807, 2.05) is 6.92 Å². The summed E-state index contributed by atoms with van der Waals surface area (Å²) in [6.45, 7) is 8.41. The number of carbonyl (C=O) groups is 2. The van der Waals surface area contributed by atoms with Gasteiger partial charge in [0, 0.05) is 76.8 Å². The molecule has 18 heteroatoms. The third kappa shape index (κ3) is 14.7. The summed E-state index contributed by atoms with van der Waals surface area (Å²) in [5, 5.41) is 34.6. The molecule has 2 atom stereocenters. The number of aliphatic hydroxyl groups is 2. The summed E-state index contributed by atoms with van der Waals surface area (Å²) in [6, 6.07) is 9.97. The molecule has 16 nitrogen and oxygen atoms in total. The van der Waals surface area contributed by atoms with Crippen LogP contribution in [0.3, 0.4) is 0 Å². The Morgan fingerprint density at radius 3 is 1.64 bits per heavy atom. The molecule has 8 rings (SSSR count). The molecule has 4 aliphatic rings. The normalized spacial score (nSPS) is 20.1. The molecule has 4 fully saturated rings. The minimum Gasteiger partial charge on any atom is -0.388 e. The molecule has 2 aliphatic heterocycles. The molecule has 2 unspecified atom stereocenters. The van der Waals surface area contributed by atoms with Crippen LogP contribution >= 0.6 is 23.2 Å². The van der Waals surface area contributed by atoms with Crippen molar-refractivity contribution in [3.63, 3.8) is 0 Å². The minimum absolute atomic E-state index is 0.161. The van der Waals surface area contributed by atoms with Crippen molar-refractivity contribution in [2.45, 2.75) is 146 Å². The van der Waals surface area contributed by atoms with Crippen LogP contribution in [0.2, 0.25) is 10.0 Å². The molecule has 0 bridgehead atoms. The van der Waals surface area contributed by atoms with Crippen molar-refractivity contribution in [3.8, 4) is 11.4 Å². The van der Waals surface area contributed by atoms with Gasteiger partial charge >= 0.3 is 11.4 Å². The summed E-state index contributed by atoms with van der Waals surface area (Å²) in [7, 11) is 0. The lowest BCUT2D eigenvalue weighted by atomic mass is 9.94. The molecule has 4 aromatic rings. The topological polar surface area (TPSA) is 195 Å². The highest BCUT2D eigenvalue weighted by Gasteiger charge is 2.30. The van der Waals surface area contributed by atoms with Crippen LogP contribution in [0.4, 0.5) is 0 Å². The molecule has 2 saturated heterocycles. The quantitative estimate of drug-likeness (QED) is 0.0504. The zero-order valence-electron chi connectivity index (χ0n) is 40.1. The van der Waals surface area contributed by atoms with Gasteiger partial charge in [0.1, 0.15) is 0 Å². The zero-order chi connectivity index (χ0) is 48.8. The second-order valence-electron chi connectivity index (χ2n) is 19.4. The van der Waals surface area contributed by atoms with Gasteiger partial charge in [-0.2, -0.15) is 0 Å². The third-order valence-electron chi connectivity index (χ3n) is 14.0. The van der Waals surface area contributed by atoms with Crippen LogP contribution in [0.1, 0.15) is 129 Å². The first-order valence-electron chi connectivity index (χ1n) is 25.1.